The first kappa shape index (κ1) is 11.8. The molecule has 92 valence electrons. The largest absolute Gasteiger partial charge is 0.495 e. The van der Waals surface area contributed by atoms with E-state index in [2.05, 4.69) is 5.32 Å². The van der Waals surface area contributed by atoms with Crippen LogP contribution in [0.1, 0.15) is 24.5 Å². The highest BCUT2D eigenvalue weighted by Gasteiger charge is 2.20. The number of fused-ring (bicyclic) bond motifs is 1. The Kier molecular flexibility index (Phi) is 3.22. The van der Waals surface area contributed by atoms with Crippen molar-refractivity contribution >= 4 is 11.6 Å². The van der Waals surface area contributed by atoms with Crippen molar-refractivity contribution in [3.05, 3.63) is 23.3 Å². The van der Waals surface area contributed by atoms with Crippen LogP contribution in [-0.4, -0.2) is 19.1 Å². The molecule has 1 aromatic carbocycles. The number of benzene rings is 1. The summed E-state index contributed by atoms with van der Waals surface area (Å²) in [5.41, 5.74) is 9.04. The molecule has 0 heterocycles. The highest BCUT2D eigenvalue weighted by molar-refractivity contribution is 5.73. The third kappa shape index (κ3) is 2.52. The predicted molar refractivity (Wildman–Crippen MR) is 67.0 cm³/mol. The zero-order valence-corrected chi connectivity index (χ0v) is 10.2. The molecule has 2 rings (SSSR count). The number of hydrogen-bond donors (Lipinski definition) is 2. The van der Waals surface area contributed by atoms with Gasteiger partial charge < -0.3 is 15.8 Å². The number of methoxy groups -OCH3 is 1. The summed E-state index contributed by atoms with van der Waals surface area (Å²) in [5.74, 6) is 0.765. The van der Waals surface area contributed by atoms with E-state index >= 15 is 0 Å². The van der Waals surface area contributed by atoms with E-state index in [1.54, 1.807) is 14.0 Å². The Morgan fingerprint density at radius 1 is 1.47 bits per heavy atom. The topological polar surface area (TPSA) is 64.3 Å². The fourth-order valence-corrected chi connectivity index (χ4v) is 2.39. The lowest BCUT2D eigenvalue weighted by Gasteiger charge is -2.26. The van der Waals surface area contributed by atoms with Crippen molar-refractivity contribution < 1.29 is 9.53 Å². The van der Waals surface area contributed by atoms with E-state index in [1.165, 1.54) is 11.1 Å². The zero-order valence-electron chi connectivity index (χ0n) is 10.2. The second-order valence-corrected chi connectivity index (χ2v) is 4.50. The van der Waals surface area contributed by atoms with Gasteiger partial charge in [0.2, 0.25) is 5.91 Å². The van der Waals surface area contributed by atoms with E-state index in [4.69, 9.17) is 10.5 Å². The Morgan fingerprint density at radius 2 is 2.24 bits per heavy atom. The maximum atomic E-state index is 11.0. The Bertz CT molecular complexity index is 443. The number of rotatable bonds is 2. The van der Waals surface area contributed by atoms with Crippen molar-refractivity contribution in [1.82, 2.24) is 5.32 Å². The van der Waals surface area contributed by atoms with Crippen LogP contribution < -0.4 is 15.8 Å². The van der Waals surface area contributed by atoms with Crippen molar-refractivity contribution in [3.8, 4) is 5.75 Å². The summed E-state index contributed by atoms with van der Waals surface area (Å²) in [6, 6.07) is 4.20. The van der Waals surface area contributed by atoms with Gasteiger partial charge in [-0.1, -0.05) is 0 Å². The summed E-state index contributed by atoms with van der Waals surface area (Å²) in [7, 11) is 1.63. The maximum Gasteiger partial charge on any atom is 0.217 e. The number of ether oxygens (including phenoxy) is 1. The monoisotopic (exact) mass is 234 g/mol. The molecule has 1 atom stereocenters. The number of nitrogens with one attached hydrogen (secondary N) is 1. The number of hydrogen-bond acceptors (Lipinski definition) is 3. The average Bonchev–Trinajstić information content (AvgIpc) is 2.27. The standard InChI is InChI=1S/C13H18N2O2/c1-8(16)15-11-4-3-9-7-13(17-2)12(14)6-10(9)5-11/h6-7,11H,3-5,14H2,1-2H3,(H,15,16). The Balaban J connectivity index is 2.21. The molecule has 0 bridgehead atoms. The van der Waals surface area contributed by atoms with E-state index in [0.29, 0.717) is 5.69 Å². The summed E-state index contributed by atoms with van der Waals surface area (Å²) in [4.78, 5) is 11.0. The maximum absolute atomic E-state index is 11.0. The molecule has 1 unspecified atom stereocenters. The number of anilines is 1. The normalized spacial score (nSPS) is 18.4. The van der Waals surface area contributed by atoms with Crippen LogP contribution in [0.25, 0.3) is 0 Å². The minimum atomic E-state index is 0.0277. The van der Waals surface area contributed by atoms with Gasteiger partial charge in [0, 0.05) is 13.0 Å². The fourth-order valence-electron chi connectivity index (χ4n) is 2.39. The van der Waals surface area contributed by atoms with Crippen molar-refractivity contribution in [2.45, 2.75) is 32.2 Å². The van der Waals surface area contributed by atoms with Crippen molar-refractivity contribution in [2.75, 3.05) is 12.8 Å². The Morgan fingerprint density at radius 3 is 2.88 bits per heavy atom. The van der Waals surface area contributed by atoms with Gasteiger partial charge in [-0.05, 0) is 42.5 Å². The first-order valence-electron chi connectivity index (χ1n) is 5.82. The Labute approximate surface area is 101 Å². The van der Waals surface area contributed by atoms with Gasteiger partial charge in [-0.2, -0.15) is 0 Å². The van der Waals surface area contributed by atoms with E-state index in [1.807, 2.05) is 12.1 Å². The molecular formula is C13H18N2O2. The number of aryl methyl sites for hydroxylation is 1. The molecule has 0 saturated carbocycles. The average molecular weight is 234 g/mol. The van der Waals surface area contributed by atoms with Crippen LogP contribution in [0.15, 0.2) is 12.1 Å². The van der Waals surface area contributed by atoms with Crippen molar-refractivity contribution in [2.24, 2.45) is 0 Å². The van der Waals surface area contributed by atoms with Crippen molar-refractivity contribution in [1.29, 1.82) is 0 Å². The van der Waals surface area contributed by atoms with E-state index in [-0.39, 0.29) is 11.9 Å². The van der Waals surface area contributed by atoms with Gasteiger partial charge in [0.15, 0.2) is 0 Å². The van der Waals surface area contributed by atoms with Crippen LogP contribution in [0.3, 0.4) is 0 Å². The van der Waals surface area contributed by atoms with Gasteiger partial charge in [-0.25, -0.2) is 0 Å². The lowest BCUT2D eigenvalue weighted by Crippen LogP contribution is -2.37. The SMILES string of the molecule is COc1cc2c(cc1N)CC(NC(C)=O)CC2. The third-order valence-electron chi connectivity index (χ3n) is 3.19. The molecule has 0 fully saturated rings. The molecule has 1 aliphatic rings. The van der Waals surface area contributed by atoms with Crippen molar-refractivity contribution in [3.63, 3.8) is 0 Å². The van der Waals surface area contributed by atoms with E-state index in [0.717, 1.165) is 25.0 Å². The summed E-state index contributed by atoms with van der Waals surface area (Å²) in [6.07, 6.45) is 2.78. The molecular weight excluding hydrogens is 216 g/mol. The van der Waals surface area contributed by atoms with Crippen LogP contribution in [-0.2, 0) is 17.6 Å². The molecule has 17 heavy (non-hydrogen) atoms. The first-order chi connectivity index (χ1) is 8.10. The molecule has 0 aliphatic heterocycles. The summed E-state index contributed by atoms with van der Waals surface area (Å²) < 4.78 is 5.21. The van der Waals surface area contributed by atoms with Gasteiger partial charge in [0.25, 0.3) is 0 Å². The smallest absolute Gasteiger partial charge is 0.217 e. The molecule has 0 saturated heterocycles. The quantitative estimate of drug-likeness (QED) is 0.757. The molecule has 1 amide bonds. The van der Waals surface area contributed by atoms with Crippen LogP contribution >= 0.6 is 0 Å². The molecule has 4 heteroatoms. The number of nitrogen functional groups attached to an aromatic ring is 1. The highest BCUT2D eigenvalue weighted by atomic mass is 16.5. The molecule has 1 aromatic rings. The number of carbonyl (C=O) groups excluding carboxylic acids is 1. The van der Waals surface area contributed by atoms with Crippen LogP contribution in [0.4, 0.5) is 5.69 Å². The predicted octanol–water partition coefficient (Wildman–Crippen LogP) is 1.27. The number of amides is 1. The molecule has 4 nitrogen and oxygen atoms in total. The van der Waals surface area contributed by atoms with Crippen LogP contribution in [0.5, 0.6) is 5.75 Å². The highest BCUT2D eigenvalue weighted by Crippen LogP contribution is 2.30. The van der Waals surface area contributed by atoms with Gasteiger partial charge >= 0.3 is 0 Å². The second-order valence-electron chi connectivity index (χ2n) is 4.50. The first-order valence-corrected chi connectivity index (χ1v) is 5.82. The molecule has 0 aromatic heterocycles. The van der Waals surface area contributed by atoms with Gasteiger partial charge in [0.05, 0.1) is 12.8 Å². The summed E-state index contributed by atoms with van der Waals surface area (Å²) in [5, 5.41) is 2.96. The molecule has 0 radical (unpaired) electrons. The van der Waals surface area contributed by atoms with Crippen LogP contribution in [0, 0.1) is 0 Å². The zero-order chi connectivity index (χ0) is 12.4. The number of nitrogens with two attached hydrogens (primary N) is 1. The van der Waals surface area contributed by atoms with E-state index < -0.39 is 0 Å². The molecule has 3 N–H and O–H groups in total. The summed E-state index contributed by atoms with van der Waals surface area (Å²) >= 11 is 0. The molecule has 0 spiro atoms. The summed E-state index contributed by atoms with van der Waals surface area (Å²) in [6.45, 7) is 1.55. The molecule has 1 aliphatic carbocycles. The Hall–Kier alpha value is -1.71. The van der Waals surface area contributed by atoms with E-state index in [9.17, 15) is 4.79 Å². The fraction of sp³-hybridized carbons (Fsp3) is 0.462. The minimum Gasteiger partial charge on any atom is -0.495 e. The third-order valence-corrected chi connectivity index (χ3v) is 3.19. The lowest BCUT2D eigenvalue weighted by molar-refractivity contribution is -0.119. The number of carbonyl (C=O) groups is 1. The second kappa shape index (κ2) is 4.65. The van der Waals surface area contributed by atoms with Gasteiger partial charge in [-0.15, -0.1) is 0 Å². The van der Waals surface area contributed by atoms with Gasteiger partial charge in [-0.3, -0.25) is 4.79 Å². The van der Waals surface area contributed by atoms with Crippen LogP contribution in [0.2, 0.25) is 0 Å². The minimum absolute atomic E-state index is 0.0277. The van der Waals surface area contributed by atoms with Gasteiger partial charge in [0.1, 0.15) is 5.75 Å². The lowest BCUT2D eigenvalue weighted by atomic mass is 9.87.